The van der Waals surface area contributed by atoms with Crippen molar-refractivity contribution in [3.63, 3.8) is 0 Å². The van der Waals surface area contributed by atoms with Gasteiger partial charge in [0, 0.05) is 0 Å². The van der Waals surface area contributed by atoms with Crippen LogP contribution in [-0.2, 0) is 0 Å². The first-order valence-electron chi connectivity index (χ1n) is 9.50. The summed E-state index contributed by atoms with van der Waals surface area (Å²) in [5, 5.41) is 8.53. The van der Waals surface area contributed by atoms with Crippen LogP contribution in [0.2, 0.25) is 0 Å². The average molecular weight is 305 g/mol. The average Bonchev–Trinajstić information content (AvgIpc) is 2.56. The molecule has 2 rings (SSSR count). The molecule has 0 aromatic carbocycles. The van der Waals surface area contributed by atoms with E-state index < -0.39 is 5.83 Å². The Morgan fingerprint density at radius 1 is 1.00 bits per heavy atom. The van der Waals surface area contributed by atoms with E-state index in [1.807, 2.05) is 0 Å². The van der Waals surface area contributed by atoms with Gasteiger partial charge in [-0.05, 0) is 68.3 Å². The highest BCUT2D eigenvalue weighted by Gasteiger charge is 2.30. The van der Waals surface area contributed by atoms with Crippen molar-refractivity contribution in [2.75, 3.05) is 0 Å². The lowest BCUT2D eigenvalue weighted by molar-refractivity contribution is 0.151. The van der Waals surface area contributed by atoms with E-state index >= 15 is 0 Å². The van der Waals surface area contributed by atoms with Crippen molar-refractivity contribution in [2.45, 2.75) is 84.0 Å². The van der Waals surface area contributed by atoms with Crippen molar-refractivity contribution >= 4 is 0 Å². The molecule has 0 bridgehead atoms. The van der Waals surface area contributed by atoms with Crippen LogP contribution in [0.4, 0.5) is 4.39 Å². The van der Waals surface area contributed by atoms with Crippen LogP contribution < -0.4 is 0 Å². The molecule has 0 aliphatic heterocycles. The predicted molar refractivity (Wildman–Crippen MR) is 89.8 cm³/mol. The summed E-state index contributed by atoms with van der Waals surface area (Å²) < 4.78 is 13.0. The maximum atomic E-state index is 13.0. The fourth-order valence-corrected chi connectivity index (χ4v) is 4.66. The molecule has 2 heteroatoms. The van der Waals surface area contributed by atoms with Crippen LogP contribution >= 0.6 is 0 Å². The zero-order valence-corrected chi connectivity index (χ0v) is 14.2. The summed E-state index contributed by atoms with van der Waals surface area (Å²) >= 11 is 0. The maximum absolute atomic E-state index is 13.0. The zero-order chi connectivity index (χ0) is 15.8. The third-order valence-electron chi connectivity index (χ3n) is 6.08. The summed E-state index contributed by atoms with van der Waals surface area (Å²) in [5.74, 6) is 2.50. The summed E-state index contributed by atoms with van der Waals surface area (Å²) in [4.78, 5) is 0. The van der Waals surface area contributed by atoms with Gasteiger partial charge in [0.25, 0.3) is 0 Å². The molecule has 2 aliphatic carbocycles. The van der Waals surface area contributed by atoms with Crippen molar-refractivity contribution in [1.29, 1.82) is 5.26 Å². The first kappa shape index (κ1) is 17.5. The van der Waals surface area contributed by atoms with Crippen molar-refractivity contribution in [3.8, 4) is 6.07 Å². The van der Waals surface area contributed by atoms with Gasteiger partial charge in [0.2, 0.25) is 0 Å². The minimum Gasteiger partial charge on any atom is -0.195 e. The highest BCUT2D eigenvalue weighted by molar-refractivity contribution is 5.13. The van der Waals surface area contributed by atoms with E-state index in [0.29, 0.717) is 5.92 Å². The Kier molecular flexibility index (Phi) is 7.43. The molecule has 0 aromatic rings. The van der Waals surface area contributed by atoms with Gasteiger partial charge in [0.15, 0.2) is 5.83 Å². The van der Waals surface area contributed by atoms with Gasteiger partial charge in [-0.3, -0.25) is 0 Å². The monoisotopic (exact) mass is 305 g/mol. The number of unbranched alkanes of at least 4 members (excludes halogenated alkanes) is 2. The van der Waals surface area contributed by atoms with Gasteiger partial charge in [0.05, 0.1) is 0 Å². The Morgan fingerprint density at radius 2 is 1.59 bits per heavy atom. The lowest BCUT2D eigenvalue weighted by Crippen LogP contribution is -2.25. The Bertz CT molecular complexity index is 379. The first-order valence-corrected chi connectivity index (χ1v) is 9.50. The molecule has 2 saturated carbocycles. The Hall–Kier alpha value is -0.840. The molecule has 22 heavy (non-hydrogen) atoms. The van der Waals surface area contributed by atoms with Gasteiger partial charge in [-0.15, -0.1) is 0 Å². The van der Waals surface area contributed by atoms with Crippen LogP contribution in [0.3, 0.4) is 0 Å². The van der Waals surface area contributed by atoms with Gasteiger partial charge in [-0.2, -0.15) is 9.65 Å². The van der Waals surface area contributed by atoms with E-state index in [9.17, 15) is 4.39 Å². The fourth-order valence-electron chi connectivity index (χ4n) is 4.66. The van der Waals surface area contributed by atoms with Crippen molar-refractivity contribution < 1.29 is 4.39 Å². The van der Waals surface area contributed by atoms with Crippen molar-refractivity contribution in [3.05, 3.63) is 11.9 Å². The van der Waals surface area contributed by atoms with Crippen LogP contribution in [0.1, 0.15) is 84.0 Å². The molecule has 0 unspecified atom stereocenters. The second-order valence-electron chi connectivity index (χ2n) is 7.58. The van der Waals surface area contributed by atoms with Crippen LogP contribution in [0.25, 0.3) is 0 Å². The Balaban J connectivity index is 1.67. The highest BCUT2D eigenvalue weighted by atomic mass is 19.1. The zero-order valence-electron chi connectivity index (χ0n) is 14.2. The van der Waals surface area contributed by atoms with E-state index in [1.165, 1.54) is 64.2 Å². The smallest absolute Gasteiger partial charge is 0.195 e. The van der Waals surface area contributed by atoms with Gasteiger partial charge in [-0.25, -0.2) is 0 Å². The summed E-state index contributed by atoms with van der Waals surface area (Å²) in [5.41, 5.74) is 0. The van der Waals surface area contributed by atoms with Gasteiger partial charge >= 0.3 is 0 Å². The molecule has 0 aromatic heterocycles. The third-order valence-corrected chi connectivity index (χ3v) is 6.08. The van der Waals surface area contributed by atoms with E-state index in [1.54, 1.807) is 12.1 Å². The van der Waals surface area contributed by atoms with Gasteiger partial charge < -0.3 is 0 Å². The summed E-state index contributed by atoms with van der Waals surface area (Å²) in [6.45, 7) is 2.28. The van der Waals surface area contributed by atoms with Gasteiger partial charge in [0.1, 0.15) is 6.07 Å². The summed E-state index contributed by atoms with van der Waals surface area (Å²) in [7, 11) is 0. The molecule has 2 aliphatic rings. The fraction of sp³-hybridized carbons (Fsp3) is 0.850. The number of nitrogens with zero attached hydrogens (tertiary/aromatic N) is 1. The lowest BCUT2D eigenvalue weighted by Gasteiger charge is -2.37. The largest absolute Gasteiger partial charge is 0.196 e. The molecule has 0 spiro atoms. The van der Waals surface area contributed by atoms with E-state index in [4.69, 9.17) is 5.26 Å². The van der Waals surface area contributed by atoms with Crippen LogP contribution in [0.5, 0.6) is 0 Å². The van der Waals surface area contributed by atoms with Crippen LogP contribution in [0, 0.1) is 35.0 Å². The topological polar surface area (TPSA) is 23.8 Å². The molecule has 0 N–H and O–H groups in total. The number of nitriles is 1. The van der Waals surface area contributed by atoms with Gasteiger partial charge in [-0.1, -0.05) is 45.4 Å². The highest BCUT2D eigenvalue weighted by Crippen LogP contribution is 2.42. The lowest BCUT2D eigenvalue weighted by atomic mass is 9.68. The molecule has 1 nitrogen and oxygen atoms in total. The molecule has 0 saturated heterocycles. The molecular weight excluding hydrogens is 273 g/mol. The first-order chi connectivity index (χ1) is 10.7. The predicted octanol–water partition coefficient (Wildman–Crippen LogP) is 6.56. The SMILES string of the molecule is CCCCCC1CCC(C2CCC(/C=C(/F)C#N)CC2)CC1. The number of hydrogen-bond acceptors (Lipinski definition) is 1. The number of rotatable bonds is 6. The molecule has 2 fully saturated rings. The molecule has 0 radical (unpaired) electrons. The standard InChI is InChI=1S/C20H32FN/c1-2-3-4-5-16-6-10-18(11-7-16)19-12-8-17(9-13-19)14-20(21)15-22/h14,16-19H,2-13H2,1H3/b20-14+. The molecular formula is C20H32FN. The van der Waals surface area contributed by atoms with Crippen LogP contribution in [-0.4, -0.2) is 0 Å². The van der Waals surface area contributed by atoms with Crippen molar-refractivity contribution in [2.24, 2.45) is 23.7 Å². The molecule has 0 amide bonds. The van der Waals surface area contributed by atoms with Crippen molar-refractivity contribution in [1.82, 2.24) is 0 Å². The Labute approximate surface area is 136 Å². The minimum atomic E-state index is -0.587. The quantitative estimate of drug-likeness (QED) is 0.403. The molecule has 124 valence electrons. The number of allylic oxidation sites excluding steroid dienone is 2. The van der Waals surface area contributed by atoms with E-state index in [-0.39, 0.29) is 0 Å². The molecule has 0 atom stereocenters. The maximum Gasteiger partial charge on any atom is 0.196 e. The van der Waals surface area contributed by atoms with E-state index in [0.717, 1.165) is 30.6 Å². The normalized spacial score (nSPS) is 33.4. The summed E-state index contributed by atoms with van der Waals surface area (Å²) in [6.07, 6.45) is 17.5. The summed E-state index contributed by atoms with van der Waals surface area (Å²) in [6, 6.07) is 1.61. The Morgan fingerprint density at radius 3 is 2.14 bits per heavy atom. The second kappa shape index (κ2) is 9.33. The number of halogens is 1. The number of hydrogen-bond donors (Lipinski definition) is 0. The third kappa shape index (κ3) is 5.41. The van der Waals surface area contributed by atoms with E-state index in [2.05, 4.69) is 6.92 Å². The van der Waals surface area contributed by atoms with Crippen LogP contribution in [0.15, 0.2) is 11.9 Å². The second-order valence-corrected chi connectivity index (χ2v) is 7.58. The minimum absolute atomic E-state index is 0.307. The molecule has 0 heterocycles.